The number of nitrogens with one attached hydrogen (secondary N) is 1. The van der Waals surface area contributed by atoms with Crippen LogP contribution in [0.5, 0.6) is 0 Å². The van der Waals surface area contributed by atoms with E-state index in [-0.39, 0.29) is 11.4 Å². The Morgan fingerprint density at radius 1 is 1.45 bits per heavy atom. The van der Waals surface area contributed by atoms with Gasteiger partial charge in [-0.3, -0.25) is 0 Å². The van der Waals surface area contributed by atoms with Crippen LogP contribution < -0.4 is 10.5 Å². The van der Waals surface area contributed by atoms with Gasteiger partial charge in [0.25, 0.3) is 0 Å². The van der Waals surface area contributed by atoms with Gasteiger partial charge in [-0.15, -0.1) is 10.2 Å². The van der Waals surface area contributed by atoms with Crippen molar-refractivity contribution in [2.45, 2.75) is 18.0 Å². The van der Waals surface area contributed by atoms with E-state index in [4.69, 9.17) is 5.73 Å². The minimum absolute atomic E-state index is 0.0733. The molecule has 1 aromatic heterocycles. The minimum atomic E-state index is -3.63. The van der Waals surface area contributed by atoms with Gasteiger partial charge in [-0.1, -0.05) is 6.07 Å². The number of sulfonamides is 1. The molecular formula is C11H14BrN5O2S. The molecule has 0 aliphatic carbocycles. The van der Waals surface area contributed by atoms with E-state index in [1.54, 1.807) is 23.7 Å². The lowest BCUT2D eigenvalue weighted by Crippen LogP contribution is -2.25. The van der Waals surface area contributed by atoms with Gasteiger partial charge in [0.05, 0.1) is 11.4 Å². The number of benzene rings is 1. The summed E-state index contributed by atoms with van der Waals surface area (Å²) in [6, 6.07) is 4.89. The molecule has 20 heavy (non-hydrogen) atoms. The van der Waals surface area contributed by atoms with Crippen LogP contribution >= 0.6 is 15.9 Å². The van der Waals surface area contributed by atoms with Gasteiger partial charge in [-0.25, -0.2) is 13.1 Å². The molecule has 9 heteroatoms. The summed E-state index contributed by atoms with van der Waals surface area (Å²) in [5.41, 5.74) is 6.36. The van der Waals surface area contributed by atoms with E-state index in [0.717, 1.165) is 5.56 Å². The van der Waals surface area contributed by atoms with Crippen molar-refractivity contribution in [3.63, 3.8) is 0 Å². The highest BCUT2D eigenvalue weighted by atomic mass is 79.9. The second-order valence-electron chi connectivity index (χ2n) is 4.15. The van der Waals surface area contributed by atoms with E-state index in [1.165, 1.54) is 12.4 Å². The molecule has 0 aliphatic heterocycles. The van der Waals surface area contributed by atoms with Crippen molar-refractivity contribution in [3.05, 3.63) is 40.4 Å². The van der Waals surface area contributed by atoms with E-state index in [0.29, 0.717) is 16.8 Å². The third-order valence-corrected chi connectivity index (χ3v) is 5.12. The predicted octanol–water partition coefficient (Wildman–Crippen LogP) is 0.515. The van der Waals surface area contributed by atoms with E-state index < -0.39 is 10.0 Å². The average Bonchev–Trinajstić information content (AvgIpc) is 2.81. The fraction of sp³-hybridized carbons (Fsp3) is 0.273. The molecule has 0 aliphatic rings. The summed E-state index contributed by atoms with van der Waals surface area (Å²) in [5, 5.41) is 7.51. The average molecular weight is 360 g/mol. The molecule has 0 saturated heterocycles. The van der Waals surface area contributed by atoms with Crippen LogP contribution in [0.2, 0.25) is 0 Å². The number of nitrogens with zero attached hydrogens (tertiary/aromatic N) is 3. The lowest BCUT2D eigenvalue weighted by Gasteiger charge is -2.09. The molecule has 0 bridgehead atoms. The largest absolute Gasteiger partial charge is 0.326 e. The number of aryl methyl sites for hydroxylation is 1. The second kappa shape index (κ2) is 6.00. The van der Waals surface area contributed by atoms with Crippen molar-refractivity contribution in [3.8, 4) is 0 Å². The Morgan fingerprint density at radius 2 is 2.20 bits per heavy atom. The van der Waals surface area contributed by atoms with Crippen LogP contribution in [-0.2, 0) is 30.2 Å². The fourth-order valence-corrected chi connectivity index (χ4v) is 3.70. The smallest absolute Gasteiger partial charge is 0.242 e. The molecule has 2 rings (SSSR count). The predicted molar refractivity (Wildman–Crippen MR) is 77.1 cm³/mol. The number of halogens is 1. The van der Waals surface area contributed by atoms with E-state index in [9.17, 15) is 8.42 Å². The highest BCUT2D eigenvalue weighted by Gasteiger charge is 2.18. The van der Waals surface area contributed by atoms with Gasteiger partial charge in [-0.2, -0.15) is 0 Å². The van der Waals surface area contributed by atoms with Gasteiger partial charge in [0.1, 0.15) is 12.2 Å². The minimum Gasteiger partial charge on any atom is -0.326 e. The van der Waals surface area contributed by atoms with E-state index in [2.05, 4.69) is 30.8 Å². The Morgan fingerprint density at radius 3 is 2.75 bits per heavy atom. The van der Waals surface area contributed by atoms with Crippen LogP contribution in [0.15, 0.2) is 33.9 Å². The topological polar surface area (TPSA) is 103 Å². The number of nitrogens with two attached hydrogens (primary N) is 1. The first-order chi connectivity index (χ1) is 9.44. The van der Waals surface area contributed by atoms with Gasteiger partial charge in [0.2, 0.25) is 10.0 Å². The lowest BCUT2D eigenvalue weighted by molar-refractivity contribution is 0.577. The second-order valence-corrected chi connectivity index (χ2v) is 6.74. The Kier molecular flexibility index (Phi) is 4.53. The van der Waals surface area contributed by atoms with Gasteiger partial charge in [0.15, 0.2) is 0 Å². The summed E-state index contributed by atoms with van der Waals surface area (Å²) in [5.74, 6) is 0.531. The molecule has 0 atom stereocenters. The SMILES string of the molecule is Cn1cnnc1CNS(=O)(=O)c1ccc(CN)cc1Br. The molecule has 0 fully saturated rings. The first-order valence-electron chi connectivity index (χ1n) is 5.75. The van der Waals surface area contributed by atoms with Gasteiger partial charge < -0.3 is 10.3 Å². The highest BCUT2D eigenvalue weighted by molar-refractivity contribution is 9.10. The van der Waals surface area contributed by atoms with Crippen molar-refractivity contribution in [1.29, 1.82) is 0 Å². The van der Waals surface area contributed by atoms with Crippen LogP contribution in [-0.4, -0.2) is 23.2 Å². The van der Waals surface area contributed by atoms with Crippen molar-refractivity contribution in [2.75, 3.05) is 0 Å². The molecular weight excluding hydrogens is 346 g/mol. The lowest BCUT2D eigenvalue weighted by atomic mass is 10.2. The summed E-state index contributed by atoms with van der Waals surface area (Å²) in [6.45, 7) is 0.426. The Bertz CT molecular complexity index is 713. The maximum absolute atomic E-state index is 12.2. The number of hydrogen-bond donors (Lipinski definition) is 2. The zero-order valence-corrected chi connectivity index (χ0v) is 13.1. The number of aromatic nitrogens is 3. The summed E-state index contributed by atoms with van der Waals surface area (Å²) in [4.78, 5) is 0.164. The molecule has 0 amide bonds. The third-order valence-electron chi connectivity index (χ3n) is 2.75. The van der Waals surface area contributed by atoms with Crippen LogP contribution in [0.1, 0.15) is 11.4 Å². The first-order valence-corrected chi connectivity index (χ1v) is 8.02. The molecule has 0 unspecified atom stereocenters. The molecule has 0 spiro atoms. The fourth-order valence-electron chi connectivity index (χ4n) is 1.59. The van der Waals surface area contributed by atoms with Crippen LogP contribution in [0.25, 0.3) is 0 Å². The van der Waals surface area contributed by atoms with Crippen molar-refractivity contribution in [1.82, 2.24) is 19.5 Å². The van der Waals surface area contributed by atoms with Crippen molar-refractivity contribution < 1.29 is 8.42 Å². The summed E-state index contributed by atoms with van der Waals surface area (Å²) >= 11 is 3.25. The maximum atomic E-state index is 12.2. The van der Waals surface area contributed by atoms with Crippen molar-refractivity contribution in [2.24, 2.45) is 12.8 Å². The molecule has 108 valence electrons. The monoisotopic (exact) mass is 359 g/mol. The van der Waals surface area contributed by atoms with Crippen molar-refractivity contribution >= 4 is 26.0 Å². The molecule has 0 radical (unpaired) electrons. The Hall–Kier alpha value is -1.29. The Balaban J connectivity index is 2.20. The summed E-state index contributed by atoms with van der Waals surface area (Å²) < 4.78 is 29.1. The van der Waals surface area contributed by atoms with Gasteiger partial charge in [0, 0.05) is 18.1 Å². The quantitative estimate of drug-likeness (QED) is 0.809. The van der Waals surface area contributed by atoms with Gasteiger partial charge in [-0.05, 0) is 33.6 Å². The number of hydrogen-bond acceptors (Lipinski definition) is 5. The summed E-state index contributed by atoms with van der Waals surface area (Å²) in [6.07, 6.45) is 1.51. The number of rotatable bonds is 5. The highest BCUT2D eigenvalue weighted by Crippen LogP contribution is 2.23. The summed E-state index contributed by atoms with van der Waals surface area (Å²) in [7, 11) is -1.88. The standard InChI is InChI=1S/C11H14BrN5O2S/c1-17-7-14-16-11(17)6-15-20(18,19)10-3-2-8(5-13)4-9(10)12/h2-4,7,15H,5-6,13H2,1H3. The first kappa shape index (κ1) is 15.1. The Labute approximate surface area is 125 Å². The van der Waals surface area contributed by atoms with Crippen LogP contribution in [0.3, 0.4) is 0 Å². The molecule has 1 heterocycles. The van der Waals surface area contributed by atoms with E-state index >= 15 is 0 Å². The molecule has 2 aromatic rings. The molecule has 0 saturated carbocycles. The zero-order valence-electron chi connectivity index (χ0n) is 10.7. The van der Waals surface area contributed by atoms with Crippen LogP contribution in [0.4, 0.5) is 0 Å². The normalized spacial score (nSPS) is 11.8. The van der Waals surface area contributed by atoms with Crippen LogP contribution in [0, 0.1) is 0 Å². The maximum Gasteiger partial charge on any atom is 0.242 e. The molecule has 1 aromatic carbocycles. The van der Waals surface area contributed by atoms with Gasteiger partial charge >= 0.3 is 0 Å². The molecule has 7 nitrogen and oxygen atoms in total. The molecule has 3 N–H and O–H groups in total. The zero-order chi connectivity index (χ0) is 14.8. The third kappa shape index (κ3) is 3.23. The van der Waals surface area contributed by atoms with E-state index in [1.807, 2.05) is 0 Å².